The van der Waals surface area contributed by atoms with Gasteiger partial charge in [-0.15, -0.1) is 11.3 Å². The van der Waals surface area contributed by atoms with Crippen molar-refractivity contribution in [1.29, 1.82) is 0 Å². The molecule has 0 aliphatic heterocycles. The first-order valence-electron chi connectivity index (χ1n) is 5.59. The fourth-order valence-corrected chi connectivity index (χ4v) is 1.98. The van der Waals surface area contributed by atoms with Crippen molar-refractivity contribution >= 4 is 17.4 Å². The minimum atomic E-state index is -0.124. The molecule has 2 amide bonds. The number of hydrogen-bond donors (Lipinski definition) is 2. The van der Waals surface area contributed by atoms with Crippen LogP contribution in [0.15, 0.2) is 5.38 Å². The predicted octanol–water partition coefficient (Wildman–Crippen LogP) is 2.48. The molecule has 0 aliphatic rings. The van der Waals surface area contributed by atoms with Gasteiger partial charge in [0.1, 0.15) is 0 Å². The van der Waals surface area contributed by atoms with Gasteiger partial charge in [-0.2, -0.15) is 0 Å². The molecule has 2 N–H and O–H groups in total. The molecule has 4 nitrogen and oxygen atoms in total. The number of urea groups is 1. The standard InChI is InChI=1S/C11H19N3OS/c1-4-5-12-11(15)13-6-9-7-16-10(14-9)8(2)3/h7-8H,4-6H2,1-3H3,(H2,12,13,15). The summed E-state index contributed by atoms with van der Waals surface area (Å²) in [5.74, 6) is 0.452. The second kappa shape index (κ2) is 6.48. The van der Waals surface area contributed by atoms with Crippen molar-refractivity contribution < 1.29 is 4.79 Å². The van der Waals surface area contributed by atoms with Crippen LogP contribution >= 0.6 is 11.3 Å². The van der Waals surface area contributed by atoms with Gasteiger partial charge >= 0.3 is 6.03 Å². The van der Waals surface area contributed by atoms with Crippen molar-refractivity contribution in [1.82, 2.24) is 15.6 Å². The smallest absolute Gasteiger partial charge is 0.315 e. The van der Waals surface area contributed by atoms with E-state index in [2.05, 4.69) is 29.5 Å². The molecule has 0 radical (unpaired) electrons. The Morgan fingerprint density at radius 1 is 1.50 bits per heavy atom. The largest absolute Gasteiger partial charge is 0.338 e. The van der Waals surface area contributed by atoms with E-state index in [1.807, 2.05) is 12.3 Å². The van der Waals surface area contributed by atoms with Crippen LogP contribution in [0.4, 0.5) is 4.79 Å². The van der Waals surface area contributed by atoms with E-state index in [9.17, 15) is 4.79 Å². The normalized spacial score (nSPS) is 10.5. The molecular formula is C11H19N3OS. The van der Waals surface area contributed by atoms with Crippen LogP contribution < -0.4 is 10.6 Å². The van der Waals surface area contributed by atoms with Gasteiger partial charge in [-0.05, 0) is 6.42 Å². The number of rotatable bonds is 5. The third-order valence-electron chi connectivity index (χ3n) is 2.03. The molecule has 0 fully saturated rings. The number of carbonyl (C=O) groups excluding carboxylic acids is 1. The van der Waals surface area contributed by atoms with E-state index < -0.39 is 0 Å². The third kappa shape index (κ3) is 4.18. The minimum Gasteiger partial charge on any atom is -0.338 e. The lowest BCUT2D eigenvalue weighted by atomic mass is 10.2. The highest BCUT2D eigenvalue weighted by Crippen LogP contribution is 2.18. The Bertz CT molecular complexity index is 336. The molecular weight excluding hydrogens is 222 g/mol. The summed E-state index contributed by atoms with van der Waals surface area (Å²) < 4.78 is 0. The first-order chi connectivity index (χ1) is 7.63. The number of amides is 2. The van der Waals surface area contributed by atoms with E-state index >= 15 is 0 Å². The predicted molar refractivity (Wildman–Crippen MR) is 66.7 cm³/mol. The molecule has 0 aromatic carbocycles. The number of aromatic nitrogens is 1. The molecule has 90 valence electrons. The van der Waals surface area contributed by atoms with Crippen molar-refractivity contribution in [2.75, 3.05) is 6.54 Å². The molecule has 0 bridgehead atoms. The SMILES string of the molecule is CCCNC(=O)NCc1csc(C(C)C)n1. The monoisotopic (exact) mass is 241 g/mol. The fraction of sp³-hybridized carbons (Fsp3) is 0.636. The number of thiazole rings is 1. The first-order valence-corrected chi connectivity index (χ1v) is 6.47. The zero-order chi connectivity index (χ0) is 12.0. The second-order valence-corrected chi connectivity index (χ2v) is 4.83. The molecule has 1 aromatic heterocycles. The van der Waals surface area contributed by atoms with Gasteiger partial charge < -0.3 is 10.6 Å². The van der Waals surface area contributed by atoms with Crippen LogP contribution in [-0.2, 0) is 6.54 Å². The van der Waals surface area contributed by atoms with Gasteiger partial charge in [0, 0.05) is 17.8 Å². The van der Waals surface area contributed by atoms with Crippen LogP contribution in [0.1, 0.15) is 43.8 Å². The van der Waals surface area contributed by atoms with Crippen LogP contribution in [0.25, 0.3) is 0 Å². The molecule has 0 saturated carbocycles. The average Bonchev–Trinajstić information content (AvgIpc) is 2.72. The fourth-order valence-electron chi connectivity index (χ4n) is 1.14. The Hall–Kier alpha value is -1.10. The van der Waals surface area contributed by atoms with E-state index in [1.165, 1.54) is 0 Å². The van der Waals surface area contributed by atoms with E-state index in [1.54, 1.807) is 11.3 Å². The van der Waals surface area contributed by atoms with Gasteiger partial charge in [0.05, 0.1) is 17.2 Å². The maximum Gasteiger partial charge on any atom is 0.315 e. The van der Waals surface area contributed by atoms with Crippen molar-refractivity contribution in [3.63, 3.8) is 0 Å². The molecule has 1 heterocycles. The van der Waals surface area contributed by atoms with E-state index in [0.717, 1.165) is 17.1 Å². The second-order valence-electron chi connectivity index (χ2n) is 3.94. The maximum atomic E-state index is 11.3. The quantitative estimate of drug-likeness (QED) is 0.832. The summed E-state index contributed by atoms with van der Waals surface area (Å²) >= 11 is 1.64. The van der Waals surface area contributed by atoms with Crippen molar-refractivity contribution in [2.45, 2.75) is 39.7 Å². The molecule has 5 heteroatoms. The topological polar surface area (TPSA) is 54.0 Å². The Kier molecular flexibility index (Phi) is 5.25. The highest BCUT2D eigenvalue weighted by molar-refractivity contribution is 7.09. The molecule has 1 rings (SSSR count). The van der Waals surface area contributed by atoms with Crippen LogP contribution in [0.2, 0.25) is 0 Å². The van der Waals surface area contributed by atoms with Crippen molar-refractivity contribution in [3.8, 4) is 0 Å². The number of carbonyl (C=O) groups is 1. The zero-order valence-corrected chi connectivity index (χ0v) is 10.9. The summed E-state index contributed by atoms with van der Waals surface area (Å²) in [5, 5.41) is 8.65. The number of nitrogens with zero attached hydrogens (tertiary/aromatic N) is 1. The molecule has 0 unspecified atom stereocenters. The summed E-state index contributed by atoms with van der Waals surface area (Å²) in [6.07, 6.45) is 0.946. The Balaban J connectivity index is 2.33. The summed E-state index contributed by atoms with van der Waals surface area (Å²) in [6, 6.07) is -0.124. The zero-order valence-electron chi connectivity index (χ0n) is 10.0. The minimum absolute atomic E-state index is 0.124. The van der Waals surface area contributed by atoms with Crippen LogP contribution in [0.3, 0.4) is 0 Å². The average molecular weight is 241 g/mol. The summed E-state index contributed by atoms with van der Waals surface area (Å²) in [7, 11) is 0. The van der Waals surface area contributed by atoms with Gasteiger partial charge in [0.25, 0.3) is 0 Å². The number of nitrogens with one attached hydrogen (secondary N) is 2. The molecule has 0 saturated heterocycles. The number of hydrogen-bond acceptors (Lipinski definition) is 3. The van der Waals surface area contributed by atoms with Gasteiger partial charge in [-0.3, -0.25) is 0 Å². The molecule has 0 atom stereocenters. The molecule has 0 aliphatic carbocycles. The lowest BCUT2D eigenvalue weighted by molar-refractivity contribution is 0.240. The lowest BCUT2D eigenvalue weighted by Gasteiger charge is -2.04. The first kappa shape index (κ1) is 13.0. The molecule has 1 aromatic rings. The summed E-state index contributed by atoms with van der Waals surface area (Å²) in [5.41, 5.74) is 0.931. The van der Waals surface area contributed by atoms with E-state index in [-0.39, 0.29) is 6.03 Å². The van der Waals surface area contributed by atoms with Crippen LogP contribution in [0, 0.1) is 0 Å². The van der Waals surface area contributed by atoms with Crippen molar-refractivity contribution in [2.24, 2.45) is 0 Å². The Morgan fingerprint density at radius 2 is 2.25 bits per heavy atom. The highest BCUT2D eigenvalue weighted by atomic mass is 32.1. The summed E-state index contributed by atoms with van der Waals surface area (Å²) in [4.78, 5) is 15.7. The van der Waals surface area contributed by atoms with Crippen LogP contribution in [0.5, 0.6) is 0 Å². The molecule has 0 spiro atoms. The lowest BCUT2D eigenvalue weighted by Crippen LogP contribution is -2.35. The van der Waals surface area contributed by atoms with Gasteiger partial charge in [-0.25, -0.2) is 9.78 Å². The third-order valence-corrected chi connectivity index (χ3v) is 3.22. The Labute approximate surface area is 100 Å². The van der Waals surface area contributed by atoms with Crippen LogP contribution in [-0.4, -0.2) is 17.6 Å². The van der Waals surface area contributed by atoms with Gasteiger partial charge in [0.2, 0.25) is 0 Å². The van der Waals surface area contributed by atoms with Gasteiger partial charge in [-0.1, -0.05) is 20.8 Å². The van der Waals surface area contributed by atoms with E-state index in [0.29, 0.717) is 19.0 Å². The van der Waals surface area contributed by atoms with E-state index in [4.69, 9.17) is 0 Å². The van der Waals surface area contributed by atoms with Crippen molar-refractivity contribution in [3.05, 3.63) is 16.1 Å². The summed E-state index contributed by atoms with van der Waals surface area (Å²) in [6.45, 7) is 7.46. The molecule has 16 heavy (non-hydrogen) atoms. The Morgan fingerprint density at radius 3 is 2.81 bits per heavy atom. The van der Waals surface area contributed by atoms with Gasteiger partial charge in [0.15, 0.2) is 0 Å². The maximum absolute atomic E-state index is 11.3. The highest BCUT2D eigenvalue weighted by Gasteiger charge is 2.06.